The molecule has 5 nitrogen and oxygen atoms in total. The molecule has 0 saturated heterocycles. The quantitative estimate of drug-likeness (QED) is 0.492. The number of halogens is 2. The third-order valence-electron chi connectivity index (χ3n) is 4.67. The lowest BCUT2D eigenvalue weighted by molar-refractivity contribution is 0.0984. The maximum atomic E-state index is 12.8. The van der Waals surface area contributed by atoms with Crippen LogP contribution in [0.2, 0.25) is 10.0 Å². The number of aryl methyl sites for hydroxylation is 3. The first-order chi connectivity index (χ1) is 13.6. The summed E-state index contributed by atoms with van der Waals surface area (Å²) in [7, 11) is -1.85. The highest BCUT2D eigenvalue weighted by molar-refractivity contribution is 7.91. The van der Waals surface area contributed by atoms with Crippen LogP contribution in [0.25, 0.3) is 11.4 Å². The van der Waals surface area contributed by atoms with Gasteiger partial charge in [0.2, 0.25) is 0 Å². The fraction of sp³-hybridized carbons (Fsp3) is 0.238. The molecule has 0 unspecified atom stereocenters. The average Bonchev–Trinajstić information content (AvgIpc) is 3.03. The smallest absolute Gasteiger partial charge is 0.183 e. The Hall–Kier alpha value is -2.15. The molecule has 2 aromatic carbocycles. The molecule has 0 N–H and O–H groups in total. The second-order valence-electron chi connectivity index (χ2n) is 6.88. The number of ketones is 1. The number of Topliss-reactive ketones (excluding diaryl/α,β-unsaturated/α-hetero) is 1. The minimum absolute atomic E-state index is 0.157. The number of rotatable bonds is 6. The van der Waals surface area contributed by atoms with Crippen LogP contribution in [0.1, 0.15) is 28.0 Å². The molecule has 152 valence electrons. The first kappa shape index (κ1) is 21.6. The van der Waals surface area contributed by atoms with Crippen molar-refractivity contribution < 1.29 is 13.2 Å². The second kappa shape index (κ2) is 8.30. The van der Waals surface area contributed by atoms with E-state index in [1.807, 2.05) is 6.07 Å². The van der Waals surface area contributed by atoms with E-state index < -0.39 is 9.84 Å². The van der Waals surface area contributed by atoms with Gasteiger partial charge in [-0.2, -0.15) is 0 Å². The van der Waals surface area contributed by atoms with E-state index in [1.165, 1.54) is 0 Å². The molecule has 29 heavy (non-hydrogen) atoms. The largest absolute Gasteiger partial charge is 0.333 e. The van der Waals surface area contributed by atoms with Crippen molar-refractivity contribution in [3.05, 3.63) is 69.5 Å². The van der Waals surface area contributed by atoms with Gasteiger partial charge in [-0.25, -0.2) is 13.4 Å². The fourth-order valence-corrected chi connectivity index (χ4v) is 5.43. The van der Waals surface area contributed by atoms with Crippen LogP contribution in [0.4, 0.5) is 0 Å². The fourth-order valence-electron chi connectivity index (χ4n) is 3.27. The van der Waals surface area contributed by atoms with Gasteiger partial charge in [0, 0.05) is 25.2 Å². The Morgan fingerprint density at radius 1 is 1.07 bits per heavy atom. The molecule has 0 bridgehead atoms. The molecule has 0 fully saturated rings. The Kier molecular flexibility index (Phi) is 6.17. The number of carbonyl (C=O) groups is 1. The molecule has 1 aromatic heterocycles. The van der Waals surface area contributed by atoms with Gasteiger partial charge >= 0.3 is 0 Å². The van der Waals surface area contributed by atoms with E-state index in [2.05, 4.69) is 4.98 Å². The van der Waals surface area contributed by atoms with Crippen LogP contribution in [-0.4, -0.2) is 29.5 Å². The summed E-state index contributed by atoms with van der Waals surface area (Å²) in [6, 6.07) is 10.5. The van der Waals surface area contributed by atoms with Crippen LogP contribution in [0, 0.1) is 13.8 Å². The van der Waals surface area contributed by atoms with Gasteiger partial charge in [-0.3, -0.25) is 4.79 Å². The molecule has 8 heteroatoms. The Morgan fingerprint density at radius 2 is 1.69 bits per heavy atom. The monoisotopic (exact) mass is 450 g/mol. The highest BCUT2D eigenvalue weighted by Gasteiger charge is 2.23. The maximum Gasteiger partial charge on any atom is 0.183 e. The summed E-state index contributed by atoms with van der Waals surface area (Å²) >= 11 is 12.3. The van der Waals surface area contributed by atoms with Gasteiger partial charge in [0.25, 0.3) is 0 Å². The third-order valence-corrected chi connectivity index (χ3v) is 7.50. The number of hydrogen-bond acceptors (Lipinski definition) is 4. The van der Waals surface area contributed by atoms with Gasteiger partial charge in [-0.15, -0.1) is 0 Å². The summed E-state index contributed by atoms with van der Waals surface area (Å²) < 4.78 is 27.2. The lowest BCUT2D eigenvalue weighted by Gasteiger charge is -2.10. The molecule has 0 aliphatic rings. The molecule has 0 amide bonds. The molecular formula is C21H20Cl2N2O3S. The topological polar surface area (TPSA) is 69.0 Å². The van der Waals surface area contributed by atoms with Crippen LogP contribution < -0.4 is 0 Å². The summed E-state index contributed by atoms with van der Waals surface area (Å²) in [5.41, 5.74) is 2.14. The highest BCUT2D eigenvalue weighted by atomic mass is 35.5. The number of sulfone groups is 1. The number of benzene rings is 2. The lowest BCUT2D eigenvalue weighted by Crippen LogP contribution is -2.14. The molecule has 0 spiro atoms. The molecular weight excluding hydrogens is 431 g/mol. The van der Waals surface area contributed by atoms with Crippen LogP contribution in [0.3, 0.4) is 0 Å². The number of nitrogens with zero attached hydrogens (tertiary/aromatic N) is 2. The number of imidazole rings is 1. The van der Waals surface area contributed by atoms with E-state index in [0.717, 1.165) is 0 Å². The summed E-state index contributed by atoms with van der Waals surface area (Å²) in [6.07, 6.45) is 1.41. The molecule has 0 saturated carbocycles. The highest BCUT2D eigenvalue weighted by Crippen LogP contribution is 2.32. The van der Waals surface area contributed by atoms with Crippen LogP contribution in [0.5, 0.6) is 0 Å². The van der Waals surface area contributed by atoms with E-state index in [1.54, 1.807) is 62.0 Å². The first-order valence-electron chi connectivity index (χ1n) is 8.91. The SMILES string of the molecule is Cc1cccc(C)c1S(=O)(=O)CCC(=O)c1cn(C)c(-c2cccc(Cl)c2Cl)n1. The van der Waals surface area contributed by atoms with Crippen molar-refractivity contribution in [1.29, 1.82) is 0 Å². The molecule has 3 aromatic rings. The van der Waals surface area contributed by atoms with E-state index in [0.29, 0.717) is 37.5 Å². The van der Waals surface area contributed by atoms with E-state index >= 15 is 0 Å². The summed E-state index contributed by atoms with van der Waals surface area (Å²) in [4.78, 5) is 17.3. The Balaban J connectivity index is 1.83. The summed E-state index contributed by atoms with van der Waals surface area (Å²) in [5.74, 6) is -0.139. The van der Waals surface area contributed by atoms with Gasteiger partial charge in [0.1, 0.15) is 11.5 Å². The van der Waals surface area contributed by atoms with Crippen LogP contribution in [-0.2, 0) is 16.9 Å². The van der Waals surface area contributed by atoms with Crippen molar-refractivity contribution in [2.75, 3.05) is 5.75 Å². The van der Waals surface area contributed by atoms with E-state index in [9.17, 15) is 13.2 Å². The van der Waals surface area contributed by atoms with Gasteiger partial charge < -0.3 is 4.57 Å². The van der Waals surface area contributed by atoms with Crippen molar-refractivity contribution in [3.63, 3.8) is 0 Å². The van der Waals surface area contributed by atoms with Crippen molar-refractivity contribution in [1.82, 2.24) is 9.55 Å². The predicted octanol–water partition coefficient (Wildman–Crippen LogP) is 5.06. The van der Waals surface area contributed by atoms with Gasteiger partial charge in [-0.05, 0) is 37.1 Å². The minimum Gasteiger partial charge on any atom is -0.333 e. The van der Waals surface area contributed by atoms with Crippen LogP contribution >= 0.6 is 23.2 Å². The molecule has 0 radical (unpaired) electrons. The average molecular weight is 451 g/mol. The zero-order valence-electron chi connectivity index (χ0n) is 16.2. The first-order valence-corrected chi connectivity index (χ1v) is 11.3. The van der Waals surface area contributed by atoms with Gasteiger partial charge in [0.15, 0.2) is 15.6 Å². The summed E-state index contributed by atoms with van der Waals surface area (Å²) in [6.45, 7) is 3.50. The Labute approximate surface area is 180 Å². The van der Waals surface area contributed by atoms with Crippen molar-refractivity contribution >= 4 is 38.8 Å². The standard InChI is InChI=1S/C21H20Cl2N2O3S/c1-13-6-4-7-14(2)20(13)29(27,28)11-10-18(26)17-12-25(3)21(24-17)15-8-5-9-16(22)19(15)23/h4-9,12H,10-11H2,1-3H3. The molecule has 1 heterocycles. The normalized spacial score (nSPS) is 11.6. The maximum absolute atomic E-state index is 12.8. The van der Waals surface area contributed by atoms with Gasteiger partial charge in [0.05, 0.1) is 20.7 Å². The predicted molar refractivity (Wildman–Crippen MR) is 116 cm³/mol. The number of carbonyl (C=O) groups excluding carboxylic acids is 1. The minimum atomic E-state index is -3.59. The van der Waals surface area contributed by atoms with Crippen molar-refractivity contribution in [3.8, 4) is 11.4 Å². The van der Waals surface area contributed by atoms with Crippen molar-refractivity contribution in [2.24, 2.45) is 7.05 Å². The van der Waals surface area contributed by atoms with Gasteiger partial charge in [-0.1, -0.05) is 47.5 Å². The zero-order chi connectivity index (χ0) is 21.3. The number of aromatic nitrogens is 2. The lowest BCUT2D eigenvalue weighted by atomic mass is 10.2. The molecule has 3 rings (SSSR count). The second-order valence-corrected chi connectivity index (χ2v) is 9.71. The van der Waals surface area contributed by atoms with E-state index in [4.69, 9.17) is 23.2 Å². The Bertz CT molecular complexity index is 1180. The summed E-state index contributed by atoms with van der Waals surface area (Å²) in [5, 5.41) is 0.735. The number of hydrogen-bond donors (Lipinski definition) is 0. The van der Waals surface area contributed by atoms with E-state index in [-0.39, 0.29) is 23.7 Å². The zero-order valence-corrected chi connectivity index (χ0v) is 18.6. The molecule has 0 aliphatic heterocycles. The molecule has 0 aliphatic carbocycles. The van der Waals surface area contributed by atoms with Crippen molar-refractivity contribution in [2.45, 2.75) is 25.2 Å². The van der Waals surface area contributed by atoms with Crippen LogP contribution in [0.15, 0.2) is 47.5 Å². The molecule has 0 atom stereocenters. The Morgan fingerprint density at radius 3 is 2.34 bits per heavy atom. The third kappa shape index (κ3) is 4.39.